The Morgan fingerprint density at radius 1 is 1.00 bits per heavy atom. The highest BCUT2D eigenvalue weighted by molar-refractivity contribution is 5.98. The molecule has 144 valence electrons. The Morgan fingerprint density at radius 3 is 2.37 bits per heavy atom. The number of carbonyl (C=O) groups is 3. The molecular weight excluding hydrogens is 342 g/mol. The second kappa shape index (κ2) is 8.84. The first-order chi connectivity index (χ1) is 13.1. The van der Waals surface area contributed by atoms with Crippen molar-refractivity contribution in [3.63, 3.8) is 0 Å². The fraction of sp³-hybridized carbons (Fsp3) is 0.476. The van der Waals surface area contributed by atoms with E-state index in [9.17, 15) is 14.4 Å². The third-order valence-corrected chi connectivity index (χ3v) is 5.37. The third-order valence-electron chi connectivity index (χ3n) is 5.37. The largest absolute Gasteiger partial charge is 0.339 e. The smallest absolute Gasteiger partial charge is 0.253 e. The second-order valence-electron chi connectivity index (χ2n) is 7.23. The molecule has 3 rings (SSSR count). The van der Waals surface area contributed by atoms with Gasteiger partial charge in [0, 0.05) is 43.3 Å². The lowest BCUT2D eigenvalue weighted by Gasteiger charge is -2.30. The molecule has 6 heteroatoms. The highest BCUT2D eigenvalue weighted by Crippen LogP contribution is 2.21. The molecule has 0 bridgehead atoms. The molecule has 1 aromatic rings. The number of nitrogens with one attached hydrogen (secondary N) is 1. The maximum atomic E-state index is 12.6. The van der Waals surface area contributed by atoms with Gasteiger partial charge in [0.15, 0.2) is 0 Å². The predicted octanol–water partition coefficient (Wildman–Crippen LogP) is 2.68. The minimum atomic E-state index is -0.125. The van der Waals surface area contributed by atoms with Crippen LogP contribution < -0.4 is 5.32 Å². The molecule has 6 nitrogen and oxygen atoms in total. The van der Waals surface area contributed by atoms with Crippen LogP contribution in [0.1, 0.15) is 42.5 Å². The van der Waals surface area contributed by atoms with Crippen molar-refractivity contribution < 1.29 is 14.4 Å². The summed E-state index contributed by atoms with van der Waals surface area (Å²) in [5.74, 6) is -0.233. The van der Waals surface area contributed by atoms with E-state index in [2.05, 4.69) is 11.9 Å². The Morgan fingerprint density at radius 2 is 1.70 bits per heavy atom. The fourth-order valence-corrected chi connectivity index (χ4v) is 3.75. The Balaban J connectivity index is 1.58. The van der Waals surface area contributed by atoms with Gasteiger partial charge in [0.05, 0.1) is 0 Å². The van der Waals surface area contributed by atoms with Gasteiger partial charge >= 0.3 is 0 Å². The highest BCUT2D eigenvalue weighted by Gasteiger charge is 2.26. The molecule has 1 N–H and O–H groups in total. The lowest BCUT2D eigenvalue weighted by atomic mass is 9.95. The maximum Gasteiger partial charge on any atom is 0.253 e. The zero-order valence-corrected chi connectivity index (χ0v) is 15.7. The Hall–Kier alpha value is -2.63. The van der Waals surface area contributed by atoms with E-state index in [4.69, 9.17) is 0 Å². The van der Waals surface area contributed by atoms with E-state index in [-0.39, 0.29) is 23.6 Å². The van der Waals surface area contributed by atoms with Crippen LogP contribution in [0.15, 0.2) is 36.9 Å². The Bertz CT molecular complexity index is 717. The molecule has 1 aromatic carbocycles. The third kappa shape index (κ3) is 4.76. The summed E-state index contributed by atoms with van der Waals surface area (Å²) in [6, 6.07) is 7.16. The quantitative estimate of drug-likeness (QED) is 0.830. The van der Waals surface area contributed by atoms with E-state index in [0.29, 0.717) is 37.2 Å². The Kier molecular flexibility index (Phi) is 6.27. The molecule has 0 unspecified atom stereocenters. The molecule has 2 aliphatic rings. The number of piperidine rings is 2. The zero-order valence-electron chi connectivity index (χ0n) is 15.7. The molecule has 0 atom stereocenters. The minimum absolute atomic E-state index is 0.0297. The van der Waals surface area contributed by atoms with E-state index in [1.165, 1.54) is 12.5 Å². The van der Waals surface area contributed by atoms with Crippen LogP contribution in [-0.2, 0) is 9.59 Å². The van der Waals surface area contributed by atoms with E-state index in [1.807, 2.05) is 4.90 Å². The Labute approximate surface area is 160 Å². The van der Waals surface area contributed by atoms with Crippen LogP contribution in [0.4, 0.5) is 5.69 Å². The summed E-state index contributed by atoms with van der Waals surface area (Å²) in [7, 11) is 0. The van der Waals surface area contributed by atoms with Crippen molar-refractivity contribution in [2.45, 2.75) is 32.1 Å². The fourth-order valence-electron chi connectivity index (χ4n) is 3.75. The number of anilines is 1. The van der Waals surface area contributed by atoms with Crippen LogP contribution in [0.3, 0.4) is 0 Å². The number of hydrogen-bond acceptors (Lipinski definition) is 3. The second-order valence-corrected chi connectivity index (χ2v) is 7.23. The van der Waals surface area contributed by atoms with Gasteiger partial charge in [-0.1, -0.05) is 12.6 Å². The van der Waals surface area contributed by atoms with Crippen LogP contribution in [0.5, 0.6) is 0 Å². The lowest BCUT2D eigenvalue weighted by molar-refractivity contribution is -0.130. The van der Waals surface area contributed by atoms with Gasteiger partial charge < -0.3 is 15.1 Å². The summed E-state index contributed by atoms with van der Waals surface area (Å²) in [6.45, 7) is 6.24. The van der Waals surface area contributed by atoms with Crippen molar-refractivity contribution >= 4 is 23.4 Å². The van der Waals surface area contributed by atoms with E-state index in [1.54, 1.807) is 29.2 Å². The van der Waals surface area contributed by atoms with Gasteiger partial charge in [0.1, 0.15) is 0 Å². The summed E-state index contributed by atoms with van der Waals surface area (Å²) >= 11 is 0. The molecule has 0 saturated carbocycles. The molecule has 2 aliphatic heterocycles. The average molecular weight is 369 g/mol. The standard InChI is InChI=1S/C21H27N3O3/c1-2-19(25)23-13-9-16(10-14-23)20(26)22-18-8-6-7-17(15-18)21(27)24-11-4-3-5-12-24/h2,6-8,15-16H,1,3-5,9-14H2,(H,22,26). The van der Waals surface area contributed by atoms with Crippen LogP contribution in [0.2, 0.25) is 0 Å². The number of benzene rings is 1. The number of rotatable bonds is 4. The number of carbonyl (C=O) groups excluding carboxylic acids is 3. The van der Waals surface area contributed by atoms with Crippen LogP contribution in [0.25, 0.3) is 0 Å². The monoisotopic (exact) mass is 369 g/mol. The first kappa shape index (κ1) is 19.1. The maximum absolute atomic E-state index is 12.6. The molecule has 0 aliphatic carbocycles. The van der Waals surface area contributed by atoms with Gasteiger partial charge in [-0.2, -0.15) is 0 Å². The van der Waals surface area contributed by atoms with Crippen LogP contribution in [-0.4, -0.2) is 53.7 Å². The number of likely N-dealkylation sites (tertiary alicyclic amines) is 2. The van der Waals surface area contributed by atoms with Crippen molar-refractivity contribution in [2.24, 2.45) is 5.92 Å². The van der Waals surface area contributed by atoms with E-state index >= 15 is 0 Å². The van der Waals surface area contributed by atoms with Gasteiger partial charge in [-0.3, -0.25) is 14.4 Å². The van der Waals surface area contributed by atoms with Crippen molar-refractivity contribution in [3.05, 3.63) is 42.5 Å². The van der Waals surface area contributed by atoms with Gasteiger partial charge in [-0.05, 0) is 56.4 Å². The minimum Gasteiger partial charge on any atom is -0.339 e. The van der Waals surface area contributed by atoms with Gasteiger partial charge in [-0.15, -0.1) is 0 Å². The lowest BCUT2D eigenvalue weighted by Crippen LogP contribution is -2.40. The molecule has 2 saturated heterocycles. The van der Waals surface area contributed by atoms with Crippen molar-refractivity contribution in [2.75, 3.05) is 31.5 Å². The molecule has 0 radical (unpaired) electrons. The van der Waals surface area contributed by atoms with Crippen LogP contribution >= 0.6 is 0 Å². The first-order valence-corrected chi connectivity index (χ1v) is 9.70. The summed E-state index contributed by atoms with van der Waals surface area (Å²) < 4.78 is 0. The zero-order chi connectivity index (χ0) is 19.2. The summed E-state index contributed by atoms with van der Waals surface area (Å²) in [4.78, 5) is 40.4. The molecule has 2 fully saturated rings. The van der Waals surface area contributed by atoms with Crippen molar-refractivity contribution in [1.29, 1.82) is 0 Å². The number of hydrogen-bond donors (Lipinski definition) is 1. The number of nitrogens with zero attached hydrogens (tertiary/aromatic N) is 2. The van der Waals surface area contributed by atoms with E-state index < -0.39 is 0 Å². The topological polar surface area (TPSA) is 69.7 Å². The van der Waals surface area contributed by atoms with Crippen LogP contribution in [0, 0.1) is 5.92 Å². The summed E-state index contributed by atoms with van der Waals surface area (Å²) in [5.41, 5.74) is 1.26. The highest BCUT2D eigenvalue weighted by atomic mass is 16.2. The molecule has 0 spiro atoms. The average Bonchev–Trinajstić information content (AvgIpc) is 2.73. The SMILES string of the molecule is C=CC(=O)N1CCC(C(=O)Nc2cccc(C(=O)N3CCCCC3)c2)CC1. The summed E-state index contributed by atoms with van der Waals surface area (Å²) in [5, 5.41) is 2.93. The molecule has 3 amide bonds. The van der Waals surface area contributed by atoms with E-state index in [0.717, 1.165) is 25.9 Å². The summed E-state index contributed by atoms with van der Waals surface area (Å²) in [6.07, 6.45) is 5.86. The normalized spacial score (nSPS) is 18.1. The molecular formula is C21H27N3O3. The van der Waals surface area contributed by atoms with Gasteiger partial charge in [0.25, 0.3) is 5.91 Å². The van der Waals surface area contributed by atoms with Crippen molar-refractivity contribution in [1.82, 2.24) is 9.80 Å². The molecule has 27 heavy (non-hydrogen) atoms. The first-order valence-electron chi connectivity index (χ1n) is 9.70. The number of amides is 3. The van der Waals surface area contributed by atoms with Crippen molar-refractivity contribution in [3.8, 4) is 0 Å². The molecule has 2 heterocycles. The molecule has 0 aromatic heterocycles. The van der Waals surface area contributed by atoms with Gasteiger partial charge in [0.2, 0.25) is 11.8 Å². The van der Waals surface area contributed by atoms with Gasteiger partial charge in [-0.25, -0.2) is 0 Å². The predicted molar refractivity (Wildman–Crippen MR) is 104 cm³/mol.